The van der Waals surface area contributed by atoms with Crippen LogP contribution in [0.15, 0.2) is 24.3 Å². The molecule has 1 amide bonds. The first-order valence-electron chi connectivity index (χ1n) is 8.93. The van der Waals surface area contributed by atoms with Crippen molar-refractivity contribution >= 4 is 5.91 Å². The second-order valence-electron chi connectivity index (χ2n) is 6.95. The van der Waals surface area contributed by atoms with Crippen molar-refractivity contribution in [2.24, 2.45) is 5.92 Å². The molecular weight excluding hydrogens is 318 g/mol. The van der Waals surface area contributed by atoms with Gasteiger partial charge in [-0.1, -0.05) is 26.0 Å². The van der Waals surface area contributed by atoms with Gasteiger partial charge in [0.25, 0.3) is 0 Å². The number of ether oxygens (including phenoxy) is 2. The van der Waals surface area contributed by atoms with Crippen LogP contribution in [0.4, 0.5) is 0 Å². The minimum atomic E-state index is -0.0164. The van der Waals surface area contributed by atoms with Gasteiger partial charge in [0.15, 0.2) is 0 Å². The Morgan fingerprint density at radius 3 is 2.68 bits per heavy atom. The number of benzene rings is 1. The maximum Gasteiger partial charge on any atom is 0.234 e. The Morgan fingerprint density at radius 2 is 2.08 bits per heavy atom. The van der Waals surface area contributed by atoms with Gasteiger partial charge >= 0.3 is 0 Å². The van der Waals surface area contributed by atoms with Crippen LogP contribution in [0, 0.1) is 5.92 Å². The van der Waals surface area contributed by atoms with Crippen LogP contribution in [0.1, 0.15) is 25.5 Å². The lowest BCUT2D eigenvalue weighted by atomic mass is 9.96. The Labute approximate surface area is 150 Å². The number of methoxy groups -OCH3 is 1. The number of rotatable bonds is 8. The monoisotopic (exact) mass is 349 g/mol. The predicted molar refractivity (Wildman–Crippen MR) is 98.8 cm³/mol. The summed E-state index contributed by atoms with van der Waals surface area (Å²) in [5.74, 6) is 1.11. The second kappa shape index (κ2) is 9.75. The summed E-state index contributed by atoms with van der Waals surface area (Å²) in [6.07, 6.45) is 0.147. The molecule has 2 rings (SSSR count). The molecule has 1 heterocycles. The molecule has 140 valence electrons. The van der Waals surface area contributed by atoms with E-state index in [2.05, 4.69) is 36.4 Å². The summed E-state index contributed by atoms with van der Waals surface area (Å²) in [4.78, 5) is 14.6. The molecule has 0 aliphatic carbocycles. The molecule has 0 unspecified atom stereocenters. The summed E-state index contributed by atoms with van der Waals surface area (Å²) < 4.78 is 10.9. The highest BCUT2D eigenvalue weighted by Gasteiger charge is 2.20. The minimum Gasteiger partial charge on any atom is -0.497 e. The SMILES string of the molecule is COc1ccc([C@@H](NC(=O)CNC[C@@H]2CN(C)CCO2)C(C)C)cc1. The van der Waals surface area contributed by atoms with Crippen LogP contribution >= 0.6 is 0 Å². The zero-order valence-electron chi connectivity index (χ0n) is 15.7. The summed E-state index contributed by atoms with van der Waals surface area (Å²) in [5, 5.41) is 6.33. The number of amides is 1. The van der Waals surface area contributed by atoms with Crippen LogP contribution in [-0.4, -0.2) is 63.9 Å². The molecule has 1 aliphatic heterocycles. The van der Waals surface area contributed by atoms with Gasteiger partial charge in [0.05, 0.1) is 32.4 Å². The maximum absolute atomic E-state index is 12.3. The molecule has 0 radical (unpaired) electrons. The number of carbonyl (C=O) groups excluding carboxylic acids is 1. The van der Waals surface area contributed by atoms with Gasteiger partial charge in [-0.3, -0.25) is 4.79 Å². The van der Waals surface area contributed by atoms with Crippen molar-refractivity contribution in [3.63, 3.8) is 0 Å². The smallest absolute Gasteiger partial charge is 0.234 e. The van der Waals surface area contributed by atoms with Crippen LogP contribution in [0.5, 0.6) is 5.75 Å². The van der Waals surface area contributed by atoms with Crippen molar-refractivity contribution in [1.82, 2.24) is 15.5 Å². The van der Waals surface area contributed by atoms with E-state index in [-0.39, 0.29) is 18.1 Å². The molecule has 1 aromatic carbocycles. The Hall–Kier alpha value is -1.63. The molecule has 0 bridgehead atoms. The summed E-state index contributed by atoms with van der Waals surface area (Å²) in [7, 11) is 3.74. The van der Waals surface area contributed by atoms with Crippen LogP contribution in [0.25, 0.3) is 0 Å². The molecule has 1 aliphatic rings. The number of nitrogens with zero attached hydrogens (tertiary/aromatic N) is 1. The van der Waals surface area contributed by atoms with Crippen LogP contribution in [-0.2, 0) is 9.53 Å². The van der Waals surface area contributed by atoms with Gasteiger partial charge in [-0.05, 0) is 30.7 Å². The first kappa shape index (κ1) is 19.7. The summed E-state index contributed by atoms with van der Waals surface area (Å²) >= 11 is 0. The van der Waals surface area contributed by atoms with Gasteiger partial charge in [-0.2, -0.15) is 0 Å². The average molecular weight is 349 g/mol. The van der Waals surface area contributed by atoms with E-state index in [4.69, 9.17) is 9.47 Å². The van der Waals surface area contributed by atoms with Gasteiger partial charge < -0.3 is 25.0 Å². The molecular formula is C19H31N3O3. The van der Waals surface area contributed by atoms with Crippen molar-refractivity contribution in [2.75, 3.05) is 46.9 Å². The Bertz CT molecular complexity index is 533. The molecule has 1 aromatic rings. The number of morpholine rings is 1. The molecule has 1 saturated heterocycles. The maximum atomic E-state index is 12.3. The van der Waals surface area contributed by atoms with Gasteiger partial charge in [0.2, 0.25) is 5.91 Å². The van der Waals surface area contributed by atoms with E-state index in [1.165, 1.54) is 0 Å². The molecule has 1 fully saturated rings. The fourth-order valence-corrected chi connectivity index (χ4v) is 3.01. The molecule has 2 N–H and O–H groups in total. The molecule has 0 spiro atoms. The number of hydrogen-bond donors (Lipinski definition) is 2. The lowest BCUT2D eigenvalue weighted by Crippen LogP contribution is -2.46. The fourth-order valence-electron chi connectivity index (χ4n) is 3.01. The van der Waals surface area contributed by atoms with Crippen molar-refractivity contribution < 1.29 is 14.3 Å². The largest absolute Gasteiger partial charge is 0.497 e. The van der Waals surface area contributed by atoms with E-state index in [9.17, 15) is 4.79 Å². The zero-order chi connectivity index (χ0) is 18.2. The lowest BCUT2D eigenvalue weighted by molar-refractivity contribution is -0.121. The number of hydrogen-bond acceptors (Lipinski definition) is 5. The standard InChI is InChI=1S/C19H31N3O3/c1-14(2)19(15-5-7-16(24-4)8-6-15)21-18(23)12-20-11-17-13-22(3)9-10-25-17/h5-8,14,17,19-20H,9-13H2,1-4H3,(H,21,23)/t17-,19+/m1/s1. The lowest BCUT2D eigenvalue weighted by Gasteiger charge is -2.30. The molecule has 0 saturated carbocycles. The molecule has 25 heavy (non-hydrogen) atoms. The average Bonchev–Trinajstić information content (AvgIpc) is 2.60. The predicted octanol–water partition coefficient (Wildman–Crippen LogP) is 1.43. The van der Waals surface area contributed by atoms with Gasteiger partial charge in [0.1, 0.15) is 5.75 Å². The minimum absolute atomic E-state index is 0.00122. The third kappa shape index (κ3) is 6.30. The van der Waals surface area contributed by atoms with Crippen LogP contribution < -0.4 is 15.4 Å². The van der Waals surface area contributed by atoms with Gasteiger partial charge in [-0.15, -0.1) is 0 Å². The fraction of sp³-hybridized carbons (Fsp3) is 0.632. The quantitative estimate of drug-likeness (QED) is 0.743. The first-order valence-corrected chi connectivity index (χ1v) is 8.93. The van der Waals surface area contributed by atoms with E-state index in [0.29, 0.717) is 19.0 Å². The van der Waals surface area contributed by atoms with Gasteiger partial charge in [-0.25, -0.2) is 0 Å². The zero-order valence-corrected chi connectivity index (χ0v) is 15.7. The van der Waals surface area contributed by atoms with Crippen LogP contribution in [0.2, 0.25) is 0 Å². The third-order valence-electron chi connectivity index (χ3n) is 4.46. The molecule has 0 aromatic heterocycles. The molecule has 6 heteroatoms. The number of likely N-dealkylation sites (N-methyl/N-ethyl adjacent to an activating group) is 1. The molecule has 6 nitrogen and oxygen atoms in total. The van der Waals surface area contributed by atoms with Gasteiger partial charge in [0, 0.05) is 19.6 Å². The number of nitrogens with one attached hydrogen (secondary N) is 2. The summed E-state index contributed by atoms with van der Waals surface area (Å²) in [5.41, 5.74) is 1.08. The van der Waals surface area contributed by atoms with Crippen molar-refractivity contribution in [2.45, 2.75) is 26.0 Å². The van der Waals surface area contributed by atoms with Crippen molar-refractivity contribution in [1.29, 1.82) is 0 Å². The molecule has 2 atom stereocenters. The van der Waals surface area contributed by atoms with E-state index < -0.39 is 0 Å². The number of carbonyl (C=O) groups is 1. The normalized spacial score (nSPS) is 19.6. The Morgan fingerprint density at radius 1 is 1.36 bits per heavy atom. The Kier molecular flexibility index (Phi) is 7.68. The second-order valence-corrected chi connectivity index (χ2v) is 6.95. The highest BCUT2D eigenvalue weighted by atomic mass is 16.5. The summed E-state index contributed by atoms with van der Waals surface area (Å²) in [6, 6.07) is 7.83. The van der Waals surface area contributed by atoms with E-state index in [0.717, 1.165) is 31.0 Å². The van der Waals surface area contributed by atoms with E-state index in [1.807, 2.05) is 24.3 Å². The van der Waals surface area contributed by atoms with E-state index in [1.54, 1.807) is 7.11 Å². The highest BCUT2D eigenvalue weighted by Crippen LogP contribution is 2.23. The van der Waals surface area contributed by atoms with E-state index >= 15 is 0 Å². The van der Waals surface area contributed by atoms with Crippen molar-refractivity contribution in [3.8, 4) is 5.75 Å². The summed E-state index contributed by atoms with van der Waals surface area (Å²) in [6.45, 7) is 7.81. The topological polar surface area (TPSA) is 62.8 Å². The first-order chi connectivity index (χ1) is 12.0. The highest BCUT2D eigenvalue weighted by molar-refractivity contribution is 5.78. The third-order valence-corrected chi connectivity index (χ3v) is 4.46. The van der Waals surface area contributed by atoms with Crippen molar-refractivity contribution in [3.05, 3.63) is 29.8 Å². The van der Waals surface area contributed by atoms with Crippen LogP contribution in [0.3, 0.4) is 0 Å². The Balaban J connectivity index is 1.81.